The summed E-state index contributed by atoms with van der Waals surface area (Å²) in [7, 11) is 0. The van der Waals surface area contributed by atoms with Gasteiger partial charge in [0.25, 0.3) is 0 Å². The summed E-state index contributed by atoms with van der Waals surface area (Å²) in [4.78, 5) is 26.7. The monoisotopic (exact) mass is 296 g/mol. The molecule has 0 bridgehead atoms. The summed E-state index contributed by atoms with van der Waals surface area (Å²) in [6, 6.07) is -0.379. The average Bonchev–Trinajstić information content (AvgIpc) is 2.33. The number of amides is 2. The van der Waals surface area contributed by atoms with E-state index >= 15 is 0 Å². The van der Waals surface area contributed by atoms with E-state index in [1.807, 2.05) is 32.6 Å². The summed E-state index contributed by atoms with van der Waals surface area (Å²) in [5.41, 5.74) is 0. The van der Waals surface area contributed by atoms with Gasteiger partial charge in [-0.2, -0.15) is 0 Å². The summed E-state index contributed by atoms with van der Waals surface area (Å²) >= 11 is 0. The van der Waals surface area contributed by atoms with Gasteiger partial charge >= 0.3 is 0 Å². The molecule has 1 aliphatic heterocycles. The van der Waals surface area contributed by atoms with Crippen LogP contribution in [0.15, 0.2) is 0 Å². The minimum Gasteiger partial charge on any atom is -0.344 e. The van der Waals surface area contributed by atoms with E-state index in [9.17, 15) is 9.59 Å². The summed E-state index contributed by atoms with van der Waals surface area (Å²) in [6.07, 6.45) is 6.33. The first-order valence-corrected chi connectivity index (χ1v) is 8.50. The fourth-order valence-electron chi connectivity index (χ4n) is 2.78. The normalized spacial score (nSPS) is 18.3. The molecule has 1 rings (SSSR count). The van der Waals surface area contributed by atoms with E-state index in [1.165, 1.54) is 19.3 Å². The van der Waals surface area contributed by atoms with Gasteiger partial charge in [0.05, 0.1) is 0 Å². The van der Waals surface area contributed by atoms with Gasteiger partial charge < -0.3 is 10.2 Å². The highest BCUT2D eigenvalue weighted by Crippen LogP contribution is 2.14. The van der Waals surface area contributed by atoms with E-state index in [0.717, 1.165) is 25.9 Å². The number of likely N-dealkylation sites (tertiary alicyclic amines) is 1. The molecule has 122 valence electrons. The van der Waals surface area contributed by atoms with Crippen LogP contribution in [0.1, 0.15) is 66.2 Å². The van der Waals surface area contributed by atoms with Crippen molar-refractivity contribution in [3.05, 3.63) is 0 Å². The van der Waals surface area contributed by atoms with Crippen LogP contribution in [0, 0.1) is 11.8 Å². The van der Waals surface area contributed by atoms with E-state index in [0.29, 0.717) is 12.3 Å². The largest absolute Gasteiger partial charge is 0.344 e. The summed E-state index contributed by atoms with van der Waals surface area (Å²) in [6.45, 7) is 9.71. The third kappa shape index (κ3) is 6.49. The van der Waals surface area contributed by atoms with E-state index in [-0.39, 0.29) is 23.8 Å². The molecule has 1 saturated heterocycles. The van der Waals surface area contributed by atoms with Crippen LogP contribution in [0.5, 0.6) is 0 Å². The maximum atomic E-state index is 12.7. The first-order valence-electron chi connectivity index (χ1n) is 8.50. The van der Waals surface area contributed by atoms with E-state index in [4.69, 9.17) is 0 Å². The molecule has 0 aliphatic carbocycles. The molecule has 0 saturated carbocycles. The lowest BCUT2D eigenvalue weighted by atomic mass is 10.0. The lowest BCUT2D eigenvalue weighted by Crippen LogP contribution is -2.52. The molecular weight excluding hydrogens is 264 g/mol. The standard InChI is InChI=1S/C17H32N2O2/c1-13(2)12-15(20)18-16(14(3)4)17(21)19-10-8-6-5-7-9-11-19/h13-14,16H,5-12H2,1-4H3,(H,18,20)/t16-/m1/s1. The number of hydrogen-bond acceptors (Lipinski definition) is 2. The molecular formula is C17H32N2O2. The number of hydrogen-bond donors (Lipinski definition) is 1. The Hall–Kier alpha value is -1.06. The maximum Gasteiger partial charge on any atom is 0.245 e. The van der Waals surface area contributed by atoms with Crippen molar-refractivity contribution in [1.82, 2.24) is 10.2 Å². The summed E-state index contributed by atoms with van der Waals surface area (Å²) < 4.78 is 0. The van der Waals surface area contributed by atoms with Crippen molar-refractivity contribution < 1.29 is 9.59 Å². The average molecular weight is 296 g/mol. The Morgan fingerprint density at radius 3 is 1.95 bits per heavy atom. The minimum absolute atomic E-state index is 0.0101. The third-order valence-corrected chi connectivity index (χ3v) is 4.01. The van der Waals surface area contributed by atoms with Crippen LogP contribution in [-0.4, -0.2) is 35.8 Å². The van der Waals surface area contributed by atoms with E-state index < -0.39 is 0 Å². The molecule has 1 atom stereocenters. The number of carbonyl (C=O) groups excluding carboxylic acids is 2. The quantitative estimate of drug-likeness (QED) is 0.848. The fraction of sp³-hybridized carbons (Fsp3) is 0.882. The topological polar surface area (TPSA) is 49.4 Å². The molecule has 0 spiro atoms. The van der Waals surface area contributed by atoms with Gasteiger partial charge in [0.15, 0.2) is 0 Å². The van der Waals surface area contributed by atoms with Gasteiger partial charge in [-0.15, -0.1) is 0 Å². The number of carbonyl (C=O) groups is 2. The molecule has 1 heterocycles. The summed E-state index contributed by atoms with van der Waals surface area (Å²) in [5, 5.41) is 2.95. The highest BCUT2D eigenvalue weighted by molar-refractivity contribution is 5.88. The van der Waals surface area contributed by atoms with Crippen LogP contribution in [0.3, 0.4) is 0 Å². The van der Waals surface area contributed by atoms with Crippen LogP contribution in [0.2, 0.25) is 0 Å². The predicted octanol–water partition coefficient (Wildman–Crippen LogP) is 2.97. The second kappa shape index (κ2) is 9.06. The zero-order valence-electron chi connectivity index (χ0n) is 14.2. The Morgan fingerprint density at radius 1 is 0.952 bits per heavy atom. The van der Waals surface area contributed by atoms with Crippen molar-refractivity contribution in [1.29, 1.82) is 0 Å². The van der Waals surface area contributed by atoms with E-state index in [2.05, 4.69) is 5.32 Å². The molecule has 2 amide bonds. The Balaban J connectivity index is 2.64. The Bertz CT molecular complexity index is 332. The van der Waals surface area contributed by atoms with Crippen LogP contribution in [-0.2, 0) is 9.59 Å². The highest BCUT2D eigenvalue weighted by atomic mass is 16.2. The molecule has 0 aromatic rings. The third-order valence-electron chi connectivity index (χ3n) is 4.01. The molecule has 0 unspecified atom stereocenters. The zero-order valence-corrected chi connectivity index (χ0v) is 14.2. The molecule has 1 aliphatic rings. The predicted molar refractivity (Wildman–Crippen MR) is 85.9 cm³/mol. The van der Waals surface area contributed by atoms with Gasteiger partial charge in [0, 0.05) is 19.5 Å². The van der Waals surface area contributed by atoms with Crippen LogP contribution in [0.4, 0.5) is 0 Å². The lowest BCUT2D eigenvalue weighted by Gasteiger charge is -2.31. The van der Waals surface area contributed by atoms with Crippen LogP contribution in [0.25, 0.3) is 0 Å². The maximum absolute atomic E-state index is 12.7. The second-order valence-corrected chi connectivity index (χ2v) is 6.98. The first-order chi connectivity index (χ1) is 9.91. The van der Waals surface area contributed by atoms with Gasteiger partial charge in [-0.1, -0.05) is 47.0 Å². The van der Waals surface area contributed by atoms with E-state index in [1.54, 1.807) is 0 Å². The molecule has 0 radical (unpaired) electrons. The molecule has 4 heteroatoms. The SMILES string of the molecule is CC(C)CC(=O)N[C@@H](C(=O)N1CCCCCCC1)C(C)C. The molecule has 4 nitrogen and oxygen atoms in total. The first kappa shape index (κ1) is 18.0. The highest BCUT2D eigenvalue weighted by Gasteiger charge is 2.28. The smallest absolute Gasteiger partial charge is 0.245 e. The Kier molecular flexibility index (Phi) is 7.76. The molecule has 1 fully saturated rings. The molecule has 1 N–H and O–H groups in total. The van der Waals surface area contributed by atoms with Crippen molar-refractivity contribution >= 4 is 11.8 Å². The molecule has 0 aromatic carbocycles. The Labute approximate surface area is 129 Å². The van der Waals surface area contributed by atoms with Crippen molar-refractivity contribution in [3.63, 3.8) is 0 Å². The fourth-order valence-corrected chi connectivity index (χ4v) is 2.78. The van der Waals surface area contributed by atoms with Gasteiger partial charge in [0.1, 0.15) is 6.04 Å². The lowest BCUT2D eigenvalue weighted by molar-refractivity contribution is -0.138. The molecule has 21 heavy (non-hydrogen) atoms. The van der Waals surface area contributed by atoms with Crippen molar-refractivity contribution in [3.8, 4) is 0 Å². The number of nitrogens with zero attached hydrogens (tertiary/aromatic N) is 1. The van der Waals surface area contributed by atoms with Crippen LogP contribution >= 0.6 is 0 Å². The minimum atomic E-state index is -0.379. The number of nitrogens with one attached hydrogen (secondary N) is 1. The van der Waals surface area contributed by atoms with Gasteiger partial charge in [-0.25, -0.2) is 0 Å². The number of rotatable bonds is 5. The van der Waals surface area contributed by atoms with Crippen molar-refractivity contribution in [2.45, 2.75) is 72.3 Å². The van der Waals surface area contributed by atoms with Gasteiger partial charge in [-0.3, -0.25) is 9.59 Å². The van der Waals surface area contributed by atoms with Gasteiger partial charge in [-0.05, 0) is 24.7 Å². The molecule has 0 aromatic heterocycles. The van der Waals surface area contributed by atoms with Crippen molar-refractivity contribution in [2.24, 2.45) is 11.8 Å². The Morgan fingerprint density at radius 2 is 1.48 bits per heavy atom. The van der Waals surface area contributed by atoms with Crippen LogP contribution < -0.4 is 5.32 Å². The van der Waals surface area contributed by atoms with Crippen molar-refractivity contribution in [2.75, 3.05) is 13.1 Å². The van der Waals surface area contributed by atoms with Gasteiger partial charge in [0.2, 0.25) is 11.8 Å². The second-order valence-electron chi connectivity index (χ2n) is 6.98. The summed E-state index contributed by atoms with van der Waals surface area (Å²) in [5.74, 6) is 0.529. The zero-order chi connectivity index (χ0) is 15.8.